The Morgan fingerprint density at radius 2 is 1.92 bits per heavy atom. The molecule has 0 aliphatic carbocycles. The summed E-state index contributed by atoms with van der Waals surface area (Å²) in [5.41, 5.74) is 10.3. The first kappa shape index (κ1) is 8.47. The number of hydrogen-bond donors (Lipinski definition) is 2. The summed E-state index contributed by atoms with van der Waals surface area (Å²) in [6.07, 6.45) is 0. The summed E-state index contributed by atoms with van der Waals surface area (Å²) in [4.78, 5) is 16.2. The van der Waals surface area contributed by atoms with Gasteiger partial charge < -0.3 is 21.6 Å². The lowest BCUT2D eigenvalue weighted by molar-refractivity contribution is -0.388. The van der Waals surface area contributed by atoms with Gasteiger partial charge in [-0.15, -0.1) is 0 Å². The number of halogens is 1. The molecule has 1 heterocycles. The molecule has 0 atom stereocenters. The van der Waals surface area contributed by atoms with Crippen molar-refractivity contribution in [3.63, 3.8) is 0 Å². The first-order valence-corrected chi connectivity index (χ1v) is 3.13. The molecule has 0 amide bonds. The van der Waals surface area contributed by atoms with Crippen LogP contribution in [-0.2, 0) is 0 Å². The quantitative estimate of drug-likeness (QED) is 0.481. The topological polar surface area (TPSA) is 121 Å². The second-order valence-corrected chi connectivity index (χ2v) is 2.22. The fourth-order valence-electron chi connectivity index (χ4n) is 0.568. The highest BCUT2D eigenvalue weighted by Gasteiger charge is 2.18. The summed E-state index contributed by atoms with van der Waals surface area (Å²) in [6, 6.07) is 0. The molecule has 0 fully saturated rings. The highest BCUT2D eigenvalue weighted by Crippen LogP contribution is 2.22. The van der Waals surface area contributed by atoms with Crippen LogP contribution in [0.4, 0.5) is 17.5 Å². The molecule has 7 nitrogen and oxygen atoms in total. The van der Waals surface area contributed by atoms with Crippen LogP contribution >= 0.6 is 11.6 Å². The smallest absolute Gasteiger partial charge is 0.379 e. The Hall–Kier alpha value is -1.63. The lowest BCUT2D eigenvalue weighted by Gasteiger charge is -1.96. The van der Waals surface area contributed by atoms with Crippen LogP contribution in [-0.4, -0.2) is 14.9 Å². The molecule has 0 spiro atoms. The van der Waals surface area contributed by atoms with Gasteiger partial charge in [0.05, 0.1) is 0 Å². The lowest BCUT2D eigenvalue weighted by Crippen LogP contribution is -2.04. The molecule has 12 heavy (non-hydrogen) atoms. The van der Waals surface area contributed by atoms with Crippen LogP contribution < -0.4 is 11.5 Å². The summed E-state index contributed by atoms with van der Waals surface area (Å²) in [5, 5.41) is 9.98. The van der Waals surface area contributed by atoms with E-state index in [0.717, 1.165) is 0 Å². The standard InChI is InChI=1S/C4H4ClN5O2/c5-1-2(6)9-3(7)4(8-1)10(11)12/h(H4,6,7,9). The number of anilines is 2. The Bertz CT molecular complexity index is 340. The van der Waals surface area contributed by atoms with Crippen molar-refractivity contribution in [2.45, 2.75) is 0 Å². The number of nitrogens with two attached hydrogens (primary N) is 2. The van der Waals surface area contributed by atoms with Gasteiger partial charge in [0.1, 0.15) is 0 Å². The minimum Gasteiger partial charge on any atom is -0.379 e. The van der Waals surface area contributed by atoms with E-state index in [1.54, 1.807) is 0 Å². The van der Waals surface area contributed by atoms with Crippen LogP contribution in [0, 0.1) is 10.1 Å². The van der Waals surface area contributed by atoms with Crippen molar-refractivity contribution in [2.75, 3.05) is 11.5 Å². The van der Waals surface area contributed by atoms with Gasteiger partial charge in [-0.25, -0.2) is 4.98 Å². The second-order valence-electron chi connectivity index (χ2n) is 1.87. The number of nitrogen functional groups attached to an aromatic ring is 2. The van der Waals surface area contributed by atoms with Crippen LogP contribution in [0.2, 0.25) is 5.15 Å². The van der Waals surface area contributed by atoms with Crippen molar-refractivity contribution in [1.29, 1.82) is 0 Å². The highest BCUT2D eigenvalue weighted by atomic mass is 35.5. The normalized spacial score (nSPS) is 9.75. The van der Waals surface area contributed by atoms with Gasteiger partial charge in [0, 0.05) is 0 Å². The molecule has 0 saturated carbocycles. The van der Waals surface area contributed by atoms with Crippen LogP contribution in [0.3, 0.4) is 0 Å². The van der Waals surface area contributed by atoms with Crippen molar-refractivity contribution in [2.24, 2.45) is 0 Å². The van der Waals surface area contributed by atoms with Crippen LogP contribution in [0.1, 0.15) is 0 Å². The summed E-state index contributed by atoms with van der Waals surface area (Å²) in [6.45, 7) is 0. The Morgan fingerprint density at radius 1 is 1.33 bits per heavy atom. The van der Waals surface area contributed by atoms with Crippen molar-refractivity contribution in [3.05, 3.63) is 15.3 Å². The molecule has 1 rings (SSSR count). The number of nitro groups is 1. The van der Waals surface area contributed by atoms with Gasteiger partial charge in [-0.2, -0.15) is 0 Å². The molecule has 0 unspecified atom stereocenters. The molecule has 1 aromatic heterocycles. The van der Waals surface area contributed by atoms with E-state index in [1.807, 2.05) is 0 Å². The Morgan fingerprint density at radius 3 is 2.42 bits per heavy atom. The molecule has 0 bridgehead atoms. The second kappa shape index (κ2) is 2.78. The molecule has 0 saturated heterocycles. The molecule has 4 N–H and O–H groups in total. The van der Waals surface area contributed by atoms with E-state index in [9.17, 15) is 10.1 Å². The molecule has 0 aromatic carbocycles. The summed E-state index contributed by atoms with van der Waals surface area (Å²) in [7, 11) is 0. The maximum atomic E-state index is 10.2. The first-order valence-electron chi connectivity index (χ1n) is 2.75. The SMILES string of the molecule is Nc1nc(N)c([N+](=O)[O-])nc1Cl. The zero-order chi connectivity index (χ0) is 9.30. The van der Waals surface area contributed by atoms with E-state index in [4.69, 9.17) is 23.1 Å². The maximum absolute atomic E-state index is 10.2. The third kappa shape index (κ3) is 1.35. The van der Waals surface area contributed by atoms with Crippen molar-refractivity contribution in [3.8, 4) is 0 Å². The molecule has 1 aromatic rings. The highest BCUT2D eigenvalue weighted by molar-refractivity contribution is 6.31. The summed E-state index contributed by atoms with van der Waals surface area (Å²) < 4.78 is 0. The predicted octanol–water partition coefficient (Wildman–Crippen LogP) is 0.203. The van der Waals surface area contributed by atoms with E-state index in [0.29, 0.717) is 0 Å². The Labute approximate surface area is 71.5 Å². The number of rotatable bonds is 1. The molecular formula is C4H4ClN5O2. The molecule has 0 radical (unpaired) electrons. The van der Waals surface area contributed by atoms with E-state index in [2.05, 4.69) is 9.97 Å². The average Bonchev–Trinajstić information content (AvgIpc) is 1.96. The third-order valence-electron chi connectivity index (χ3n) is 1.06. The van der Waals surface area contributed by atoms with E-state index in [-0.39, 0.29) is 16.8 Å². The van der Waals surface area contributed by atoms with E-state index < -0.39 is 10.7 Å². The Kier molecular flexibility index (Phi) is 1.96. The zero-order valence-corrected chi connectivity index (χ0v) is 6.45. The average molecular weight is 190 g/mol. The number of hydrogen-bond acceptors (Lipinski definition) is 6. The summed E-state index contributed by atoms with van der Waals surface area (Å²) in [5.74, 6) is -1.06. The van der Waals surface area contributed by atoms with Crippen LogP contribution in [0.5, 0.6) is 0 Å². The van der Waals surface area contributed by atoms with Gasteiger partial charge in [-0.05, 0) is 21.5 Å². The fourth-order valence-corrected chi connectivity index (χ4v) is 0.690. The fraction of sp³-hybridized carbons (Fsp3) is 0. The molecular weight excluding hydrogens is 186 g/mol. The molecule has 0 aliphatic heterocycles. The molecule has 0 aliphatic rings. The van der Waals surface area contributed by atoms with Crippen molar-refractivity contribution >= 4 is 29.1 Å². The van der Waals surface area contributed by atoms with Gasteiger partial charge in [-0.3, -0.25) is 0 Å². The maximum Gasteiger partial charge on any atom is 0.408 e. The number of aromatic nitrogens is 2. The number of nitrogens with zero attached hydrogens (tertiary/aromatic N) is 3. The van der Waals surface area contributed by atoms with Gasteiger partial charge in [0.15, 0.2) is 5.82 Å². The minimum atomic E-state index is -0.784. The van der Waals surface area contributed by atoms with E-state index in [1.165, 1.54) is 0 Å². The first-order chi connectivity index (χ1) is 5.52. The van der Waals surface area contributed by atoms with E-state index >= 15 is 0 Å². The van der Waals surface area contributed by atoms with Crippen molar-refractivity contribution in [1.82, 2.24) is 9.97 Å². The summed E-state index contributed by atoms with van der Waals surface area (Å²) >= 11 is 5.37. The zero-order valence-electron chi connectivity index (χ0n) is 5.69. The van der Waals surface area contributed by atoms with Gasteiger partial charge >= 0.3 is 5.82 Å². The van der Waals surface area contributed by atoms with Gasteiger partial charge in [0.25, 0.3) is 5.15 Å². The largest absolute Gasteiger partial charge is 0.408 e. The molecule has 8 heteroatoms. The monoisotopic (exact) mass is 189 g/mol. The third-order valence-corrected chi connectivity index (χ3v) is 1.34. The predicted molar refractivity (Wildman–Crippen MR) is 42.5 cm³/mol. The Balaban J connectivity index is 3.33. The van der Waals surface area contributed by atoms with Crippen molar-refractivity contribution < 1.29 is 4.92 Å². The van der Waals surface area contributed by atoms with Crippen LogP contribution in [0.25, 0.3) is 0 Å². The minimum absolute atomic E-state index is 0.125. The lowest BCUT2D eigenvalue weighted by atomic mass is 10.6. The van der Waals surface area contributed by atoms with Crippen LogP contribution in [0.15, 0.2) is 0 Å². The van der Waals surface area contributed by atoms with Gasteiger partial charge in [-0.1, -0.05) is 0 Å². The van der Waals surface area contributed by atoms with Gasteiger partial charge in [0.2, 0.25) is 5.82 Å². The molecule has 64 valence electrons.